The van der Waals surface area contributed by atoms with Gasteiger partial charge in [-0.3, -0.25) is 4.79 Å². The highest BCUT2D eigenvalue weighted by Gasteiger charge is 2.31. The summed E-state index contributed by atoms with van der Waals surface area (Å²) in [6.07, 6.45) is 3.95. The second-order valence-electron chi connectivity index (χ2n) is 4.94. The Hall–Kier alpha value is -1.68. The molecule has 0 aliphatic heterocycles. The Labute approximate surface area is 127 Å². The maximum absolute atomic E-state index is 13.1. The Bertz CT molecular complexity index is 591. The number of ketones is 1. The lowest BCUT2D eigenvalue weighted by Gasteiger charge is -2.24. The van der Waals surface area contributed by atoms with E-state index in [1.54, 1.807) is 6.92 Å². The molecule has 1 aliphatic carbocycles. The van der Waals surface area contributed by atoms with Crippen molar-refractivity contribution in [1.29, 1.82) is 0 Å². The molecule has 21 heavy (non-hydrogen) atoms. The average Bonchev–Trinajstić information content (AvgIpc) is 2.35. The van der Waals surface area contributed by atoms with E-state index >= 15 is 0 Å². The second-order valence-corrected chi connectivity index (χ2v) is 5.34. The van der Waals surface area contributed by atoms with E-state index in [1.807, 2.05) is 0 Å². The molecule has 0 bridgehead atoms. The first-order chi connectivity index (χ1) is 10.0. The molecule has 5 heteroatoms. The van der Waals surface area contributed by atoms with Crippen molar-refractivity contribution in [2.75, 3.05) is 6.61 Å². The average molecular weight is 311 g/mol. The summed E-state index contributed by atoms with van der Waals surface area (Å²) in [6, 6.07) is 3.81. The third-order valence-electron chi connectivity index (χ3n) is 3.50. The number of carbonyl (C=O) groups excluding carboxylic acids is 2. The van der Waals surface area contributed by atoms with Crippen LogP contribution in [0.4, 0.5) is 4.39 Å². The standard InChI is InChI=1S/C16H16ClFO3/c1-2-21-16(20)13(15(19)10-4-3-5-10)8-11-6-7-12(18)9-14(11)17/h6-10H,2-5H2,1H3/b13-8+. The third kappa shape index (κ3) is 3.70. The van der Waals surface area contributed by atoms with Crippen LogP contribution in [0.15, 0.2) is 23.8 Å². The molecule has 2 rings (SSSR count). The van der Waals surface area contributed by atoms with Gasteiger partial charge in [0.15, 0.2) is 5.78 Å². The van der Waals surface area contributed by atoms with E-state index in [2.05, 4.69) is 0 Å². The fourth-order valence-electron chi connectivity index (χ4n) is 2.10. The number of esters is 1. The molecule has 1 aliphatic rings. The lowest BCUT2D eigenvalue weighted by molar-refractivity contribution is -0.140. The fourth-order valence-corrected chi connectivity index (χ4v) is 2.33. The lowest BCUT2D eigenvalue weighted by atomic mass is 9.79. The number of carbonyl (C=O) groups is 2. The fraction of sp³-hybridized carbons (Fsp3) is 0.375. The molecule has 0 radical (unpaired) electrons. The summed E-state index contributed by atoms with van der Waals surface area (Å²) >= 11 is 5.94. The van der Waals surface area contributed by atoms with E-state index in [1.165, 1.54) is 18.2 Å². The maximum atomic E-state index is 13.1. The minimum Gasteiger partial charge on any atom is -0.462 e. The zero-order valence-electron chi connectivity index (χ0n) is 11.7. The van der Waals surface area contributed by atoms with Crippen LogP contribution in [0.1, 0.15) is 31.7 Å². The SMILES string of the molecule is CCOC(=O)/C(=C/c1ccc(F)cc1Cl)C(=O)C1CCC1. The molecule has 0 aromatic heterocycles. The molecule has 1 fully saturated rings. The van der Waals surface area contributed by atoms with Crippen molar-refractivity contribution in [2.45, 2.75) is 26.2 Å². The number of hydrogen-bond donors (Lipinski definition) is 0. The van der Waals surface area contributed by atoms with Gasteiger partial charge in [-0.15, -0.1) is 0 Å². The van der Waals surface area contributed by atoms with Crippen molar-refractivity contribution in [2.24, 2.45) is 5.92 Å². The first-order valence-electron chi connectivity index (χ1n) is 6.91. The smallest absolute Gasteiger partial charge is 0.341 e. The highest BCUT2D eigenvalue weighted by Crippen LogP contribution is 2.31. The number of rotatable bonds is 5. The van der Waals surface area contributed by atoms with Gasteiger partial charge >= 0.3 is 5.97 Å². The first-order valence-corrected chi connectivity index (χ1v) is 7.28. The van der Waals surface area contributed by atoms with E-state index in [4.69, 9.17) is 16.3 Å². The van der Waals surface area contributed by atoms with Crippen LogP contribution >= 0.6 is 11.6 Å². The van der Waals surface area contributed by atoms with Crippen LogP contribution in [0.25, 0.3) is 6.08 Å². The Balaban J connectivity index is 2.35. The number of halogens is 2. The van der Waals surface area contributed by atoms with Gasteiger partial charge in [0, 0.05) is 5.92 Å². The number of ether oxygens (including phenoxy) is 1. The zero-order chi connectivity index (χ0) is 15.4. The molecule has 0 spiro atoms. The minimum absolute atomic E-state index is 0.0185. The van der Waals surface area contributed by atoms with E-state index in [0.717, 1.165) is 25.3 Å². The highest BCUT2D eigenvalue weighted by molar-refractivity contribution is 6.32. The predicted molar refractivity (Wildman–Crippen MR) is 78.4 cm³/mol. The van der Waals surface area contributed by atoms with Gasteiger partial charge in [-0.1, -0.05) is 24.1 Å². The molecular weight excluding hydrogens is 295 g/mol. The molecule has 1 saturated carbocycles. The van der Waals surface area contributed by atoms with E-state index in [9.17, 15) is 14.0 Å². The predicted octanol–water partition coefficient (Wildman–Crippen LogP) is 3.79. The minimum atomic E-state index is -0.658. The molecule has 0 N–H and O–H groups in total. The molecule has 1 aromatic carbocycles. The maximum Gasteiger partial charge on any atom is 0.341 e. The Morgan fingerprint density at radius 1 is 1.43 bits per heavy atom. The molecule has 0 heterocycles. The molecule has 0 saturated heterocycles. The van der Waals surface area contributed by atoms with Crippen molar-refractivity contribution in [3.05, 3.63) is 40.2 Å². The summed E-state index contributed by atoms with van der Waals surface area (Å²) < 4.78 is 18.0. The van der Waals surface area contributed by atoms with Crippen LogP contribution in [0.5, 0.6) is 0 Å². The number of Topliss-reactive ketones (excluding diaryl/α,β-unsaturated/α-hetero) is 1. The van der Waals surface area contributed by atoms with E-state index in [0.29, 0.717) is 5.56 Å². The molecule has 0 atom stereocenters. The van der Waals surface area contributed by atoms with E-state index < -0.39 is 11.8 Å². The van der Waals surface area contributed by atoms with Gasteiger partial charge in [0.2, 0.25) is 0 Å². The highest BCUT2D eigenvalue weighted by atomic mass is 35.5. The Morgan fingerprint density at radius 3 is 2.67 bits per heavy atom. The summed E-state index contributed by atoms with van der Waals surface area (Å²) in [7, 11) is 0. The zero-order valence-corrected chi connectivity index (χ0v) is 12.5. The van der Waals surface area contributed by atoms with Crippen LogP contribution in [-0.2, 0) is 14.3 Å². The van der Waals surface area contributed by atoms with Crippen molar-refractivity contribution in [3.63, 3.8) is 0 Å². The molecule has 0 unspecified atom stereocenters. The van der Waals surface area contributed by atoms with Crippen LogP contribution in [0.3, 0.4) is 0 Å². The van der Waals surface area contributed by atoms with Crippen LogP contribution in [0.2, 0.25) is 5.02 Å². The molecule has 112 valence electrons. The molecule has 0 amide bonds. The van der Waals surface area contributed by atoms with Gasteiger partial charge in [0.05, 0.1) is 11.6 Å². The van der Waals surface area contributed by atoms with Crippen molar-refractivity contribution >= 4 is 29.4 Å². The molecular formula is C16H16ClFO3. The summed E-state index contributed by atoms with van der Waals surface area (Å²) in [5.74, 6) is -1.48. The third-order valence-corrected chi connectivity index (χ3v) is 3.83. The van der Waals surface area contributed by atoms with Crippen LogP contribution < -0.4 is 0 Å². The largest absolute Gasteiger partial charge is 0.462 e. The lowest BCUT2D eigenvalue weighted by Crippen LogP contribution is -2.27. The van der Waals surface area contributed by atoms with Gasteiger partial charge in [0.25, 0.3) is 0 Å². The summed E-state index contributed by atoms with van der Waals surface area (Å²) in [6.45, 7) is 1.86. The van der Waals surface area contributed by atoms with Crippen molar-refractivity contribution in [1.82, 2.24) is 0 Å². The normalized spacial score (nSPS) is 15.5. The molecule has 3 nitrogen and oxygen atoms in total. The van der Waals surface area contributed by atoms with Crippen LogP contribution in [-0.4, -0.2) is 18.4 Å². The number of hydrogen-bond acceptors (Lipinski definition) is 3. The summed E-state index contributed by atoms with van der Waals surface area (Å²) in [5.41, 5.74) is 0.406. The van der Waals surface area contributed by atoms with Gasteiger partial charge in [-0.05, 0) is 43.5 Å². The number of benzene rings is 1. The first kappa shape index (κ1) is 15.7. The van der Waals surface area contributed by atoms with Gasteiger partial charge in [0.1, 0.15) is 11.4 Å². The molecule has 1 aromatic rings. The van der Waals surface area contributed by atoms with Crippen molar-refractivity contribution < 1.29 is 18.7 Å². The monoisotopic (exact) mass is 310 g/mol. The van der Waals surface area contributed by atoms with Crippen molar-refractivity contribution in [3.8, 4) is 0 Å². The Kier molecular flexibility index (Phi) is 5.12. The quantitative estimate of drug-likeness (QED) is 0.360. The summed E-state index contributed by atoms with van der Waals surface area (Å²) in [5, 5.41) is 0.151. The van der Waals surface area contributed by atoms with Gasteiger partial charge in [-0.25, -0.2) is 9.18 Å². The van der Waals surface area contributed by atoms with Gasteiger partial charge < -0.3 is 4.74 Å². The summed E-state index contributed by atoms with van der Waals surface area (Å²) in [4.78, 5) is 24.3. The van der Waals surface area contributed by atoms with Crippen LogP contribution in [0, 0.1) is 11.7 Å². The van der Waals surface area contributed by atoms with E-state index in [-0.39, 0.29) is 28.9 Å². The second kappa shape index (κ2) is 6.85. The van der Waals surface area contributed by atoms with Gasteiger partial charge in [-0.2, -0.15) is 0 Å². The Morgan fingerprint density at radius 2 is 2.14 bits per heavy atom. The topological polar surface area (TPSA) is 43.4 Å².